The highest BCUT2D eigenvalue weighted by atomic mass is 19.1. The number of H-pyrrole nitrogens is 1. The van der Waals surface area contributed by atoms with Crippen molar-refractivity contribution in [3.8, 4) is 17.1 Å². The number of benzene rings is 2. The summed E-state index contributed by atoms with van der Waals surface area (Å²) in [6, 6.07) is 10.3. The molecule has 0 atom stereocenters. The second-order valence-corrected chi connectivity index (χ2v) is 4.78. The second kappa shape index (κ2) is 4.73. The van der Waals surface area contributed by atoms with Gasteiger partial charge in [-0.3, -0.25) is 0 Å². The highest BCUT2D eigenvalue weighted by Crippen LogP contribution is 2.28. The fourth-order valence-electron chi connectivity index (χ4n) is 2.39. The lowest BCUT2D eigenvalue weighted by Gasteiger charge is -2.03. The quantitative estimate of drug-likeness (QED) is 0.618. The molecule has 0 fully saturated rings. The van der Waals surface area contributed by atoms with Gasteiger partial charge in [0.05, 0.1) is 5.69 Å². The van der Waals surface area contributed by atoms with E-state index in [0.29, 0.717) is 22.5 Å². The predicted octanol–water partition coefficient (Wildman–Crippen LogP) is 3.09. The summed E-state index contributed by atoms with van der Waals surface area (Å²) in [6.45, 7) is 0. The van der Waals surface area contributed by atoms with Gasteiger partial charge in [-0.05, 0) is 52.9 Å². The molecule has 4 rings (SSSR count). The minimum atomic E-state index is -0.340. The number of rotatable bonds is 2. The monoisotopic (exact) mass is 297 g/mol. The molecule has 0 amide bonds. The number of fused-ring (bicyclic) bond motifs is 1. The first-order valence-electron chi connectivity index (χ1n) is 6.54. The summed E-state index contributed by atoms with van der Waals surface area (Å²) in [7, 11) is 0. The largest absolute Gasteiger partial charge is 0.360 e. The molecule has 2 aromatic carbocycles. The molecule has 22 heavy (non-hydrogen) atoms. The van der Waals surface area contributed by atoms with E-state index in [2.05, 4.69) is 20.5 Å². The molecule has 0 aliphatic rings. The first-order chi connectivity index (χ1) is 10.7. The van der Waals surface area contributed by atoms with Crippen LogP contribution in [0.2, 0.25) is 0 Å². The third-order valence-corrected chi connectivity index (χ3v) is 3.43. The Kier molecular flexibility index (Phi) is 2.72. The lowest BCUT2D eigenvalue weighted by molar-refractivity contribution is 0.626. The molecule has 0 aliphatic heterocycles. The van der Waals surface area contributed by atoms with Crippen LogP contribution in [0.3, 0.4) is 0 Å². The van der Waals surface area contributed by atoms with Gasteiger partial charge in [0, 0.05) is 22.7 Å². The summed E-state index contributed by atoms with van der Waals surface area (Å²) in [5, 5.41) is 12.3. The van der Waals surface area contributed by atoms with E-state index in [0.717, 1.165) is 5.52 Å². The van der Waals surface area contributed by atoms with Gasteiger partial charge < -0.3 is 4.98 Å². The number of hydrogen-bond acceptors (Lipinski definition) is 3. The van der Waals surface area contributed by atoms with Crippen LogP contribution in [-0.4, -0.2) is 25.2 Å². The molecular weight excluding hydrogens is 288 g/mol. The molecule has 0 bridgehead atoms. The van der Waals surface area contributed by atoms with Gasteiger partial charge in [0.2, 0.25) is 0 Å². The SMILES string of the molecule is Fc1ccc(-n2nnnc2-c2c[nH]c3ccc(F)cc23)cc1. The fourth-order valence-corrected chi connectivity index (χ4v) is 2.39. The molecule has 0 radical (unpaired) electrons. The number of hydrogen-bond donors (Lipinski definition) is 1. The maximum absolute atomic E-state index is 13.5. The van der Waals surface area contributed by atoms with Gasteiger partial charge in [0.1, 0.15) is 11.6 Å². The molecule has 0 saturated heterocycles. The molecule has 0 unspecified atom stereocenters. The van der Waals surface area contributed by atoms with Crippen molar-refractivity contribution in [2.75, 3.05) is 0 Å². The molecule has 2 heterocycles. The van der Waals surface area contributed by atoms with Gasteiger partial charge in [0.25, 0.3) is 0 Å². The van der Waals surface area contributed by atoms with E-state index in [9.17, 15) is 8.78 Å². The highest BCUT2D eigenvalue weighted by Gasteiger charge is 2.15. The van der Waals surface area contributed by atoms with Crippen LogP contribution in [0.25, 0.3) is 28.0 Å². The highest BCUT2D eigenvalue weighted by molar-refractivity contribution is 5.94. The van der Waals surface area contributed by atoms with Crippen LogP contribution >= 0.6 is 0 Å². The number of nitrogens with one attached hydrogen (secondary N) is 1. The molecule has 7 heteroatoms. The van der Waals surface area contributed by atoms with Crippen LogP contribution in [0.1, 0.15) is 0 Å². The van der Waals surface area contributed by atoms with E-state index in [4.69, 9.17) is 0 Å². The first kappa shape index (κ1) is 12.6. The molecule has 2 aromatic heterocycles. The molecule has 108 valence electrons. The van der Waals surface area contributed by atoms with Crippen LogP contribution in [-0.2, 0) is 0 Å². The summed E-state index contributed by atoms with van der Waals surface area (Å²) in [4.78, 5) is 3.06. The van der Waals surface area contributed by atoms with Crippen molar-refractivity contribution in [2.45, 2.75) is 0 Å². The van der Waals surface area contributed by atoms with Gasteiger partial charge in [-0.25, -0.2) is 8.78 Å². The van der Waals surface area contributed by atoms with Crippen LogP contribution in [0, 0.1) is 11.6 Å². The first-order valence-corrected chi connectivity index (χ1v) is 6.54. The van der Waals surface area contributed by atoms with Crippen molar-refractivity contribution in [1.82, 2.24) is 25.2 Å². The normalized spacial score (nSPS) is 11.2. The average Bonchev–Trinajstić information content (AvgIpc) is 3.13. The van der Waals surface area contributed by atoms with Crippen molar-refractivity contribution in [3.63, 3.8) is 0 Å². The van der Waals surface area contributed by atoms with Crippen molar-refractivity contribution >= 4 is 10.9 Å². The van der Waals surface area contributed by atoms with Crippen molar-refractivity contribution in [1.29, 1.82) is 0 Å². The van der Waals surface area contributed by atoms with E-state index in [1.807, 2.05) is 0 Å². The molecule has 0 aliphatic carbocycles. The number of halogens is 2. The second-order valence-electron chi connectivity index (χ2n) is 4.78. The number of aromatic amines is 1. The van der Waals surface area contributed by atoms with E-state index in [-0.39, 0.29) is 11.6 Å². The third kappa shape index (κ3) is 1.95. The Morgan fingerprint density at radius 3 is 2.55 bits per heavy atom. The van der Waals surface area contributed by atoms with Gasteiger partial charge in [0.15, 0.2) is 5.82 Å². The van der Waals surface area contributed by atoms with E-state index < -0.39 is 0 Å². The van der Waals surface area contributed by atoms with E-state index in [1.54, 1.807) is 24.4 Å². The van der Waals surface area contributed by atoms with Gasteiger partial charge >= 0.3 is 0 Å². The molecule has 5 nitrogen and oxygen atoms in total. The van der Waals surface area contributed by atoms with Crippen LogP contribution < -0.4 is 0 Å². The Labute approximate surface area is 123 Å². The third-order valence-electron chi connectivity index (χ3n) is 3.43. The lowest BCUT2D eigenvalue weighted by atomic mass is 10.1. The Morgan fingerprint density at radius 1 is 0.955 bits per heavy atom. The fraction of sp³-hybridized carbons (Fsp3) is 0. The molecule has 1 N–H and O–H groups in total. The minimum absolute atomic E-state index is 0.339. The molecule has 0 saturated carbocycles. The summed E-state index contributed by atoms with van der Waals surface area (Å²) in [6.07, 6.45) is 1.72. The Balaban J connectivity index is 1.91. The lowest BCUT2D eigenvalue weighted by Crippen LogP contribution is -1.99. The average molecular weight is 297 g/mol. The van der Waals surface area contributed by atoms with E-state index in [1.165, 1.54) is 28.9 Å². The van der Waals surface area contributed by atoms with Crippen LogP contribution in [0.5, 0.6) is 0 Å². The number of aromatic nitrogens is 5. The van der Waals surface area contributed by atoms with Crippen molar-refractivity contribution in [2.24, 2.45) is 0 Å². The Bertz CT molecular complexity index is 956. The number of tetrazole rings is 1. The Morgan fingerprint density at radius 2 is 1.73 bits per heavy atom. The summed E-state index contributed by atoms with van der Waals surface area (Å²) < 4.78 is 28.0. The maximum Gasteiger partial charge on any atom is 0.189 e. The standard InChI is InChI=1S/C15H9F2N5/c16-9-1-4-11(5-2-9)22-15(19-20-21-22)13-8-18-14-6-3-10(17)7-12(13)14/h1-8,18H. The zero-order valence-electron chi connectivity index (χ0n) is 11.2. The van der Waals surface area contributed by atoms with Gasteiger partial charge in [-0.2, -0.15) is 4.68 Å². The molecule has 0 spiro atoms. The topological polar surface area (TPSA) is 59.4 Å². The maximum atomic E-state index is 13.5. The zero-order chi connectivity index (χ0) is 15.1. The van der Waals surface area contributed by atoms with Crippen molar-refractivity contribution < 1.29 is 8.78 Å². The Hall–Kier alpha value is -3.09. The number of nitrogens with zero attached hydrogens (tertiary/aromatic N) is 4. The van der Waals surface area contributed by atoms with Crippen molar-refractivity contribution in [3.05, 3.63) is 60.3 Å². The summed E-state index contributed by atoms with van der Waals surface area (Å²) in [5.74, 6) is -0.231. The van der Waals surface area contributed by atoms with Gasteiger partial charge in [-0.15, -0.1) is 5.10 Å². The van der Waals surface area contributed by atoms with Crippen LogP contribution in [0.4, 0.5) is 8.78 Å². The smallest absolute Gasteiger partial charge is 0.189 e. The van der Waals surface area contributed by atoms with Crippen LogP contribution in [0.15, 0.2) is 48.7 Å². The molecular formula is C15H9F2N5. The minimum Gasteiger partial charge on any atom is -0.360 e. The predicted molar refractivity (Wildman–Crippen MR) is 76.4 cm³/mol. The summed E-state index contributed by atoms with van der Waals surface area (Å²) >= 11 is 0. The van der Waals surface area contributed by atoms with Gasteiger partial charge in [-0.1, -0.05) is 0 Å². The van der Waals surface area contributed by atoms with E-state index >= 15 is 0 Å². The zero-order valence-corrected chi connectivity index (χ0v) is 11.2. The summed E-state index contributed by atoms with van der Waals surface area (Å²) in [5.41, 5.74) is 2.07. The molecule has 4 aromatic rings.